The molecule has 0 aliphatic carbocycles. The molecule has 0 radical (unpaired) electrons. The van der Waals surface area contributed by atoms with Crippen LogP contribution in [-0.4, -0.2) is 68.7 Å². The van der Waals surface area contributed by atoms with Gasteiger partial charge in [-0.15, -0.1) is 0 Å². The summed E-state index contributed by atoms with van der Waals surface area (Å²) in [5.41, 5.74) is 5.48. The Morgan fingerprint density at radius 1 is 1.17 bits per heavy atom. The summed E-state index contributed by atoms with van der Waals surface area (Å²) < 4.78 is 4.90. The number of hydrogen-bond acceptors (Lipinski definition) is 4. The van der Waals surface area contributed by atoms with Gasteiger partial charge in [-0.25, -0.2) is 0 Å². The fourth-order valence-electron chi connectivity index (χ4n) is 2.32. The van der Waals surface area contributed by atoms with Crippen molar-refractivity contribution in [2.75, 3.05) is 53.0 Å². The van der Waals surface area contributed by atoms with Gasteiger partial charge < -0.3 is 20.3 Å². The summed E-state index contributed by atoms with van der Waals surface area (Å²) in [4.78, 5) is 16.1. The van der Waals surface area contributed by atoms with Crippen molar-refractivity contribution in [1.82, 2.24) is 9.80 Å². The van der Waals surface area contributed by atoms with E-state index < -0.39 is 0 Å². The van der Waals surface area contributed by atoms with Crippen molar-refractivity contribution >= 4 is 5.91 Å². The third-order valence-electron chi connectivity index (χ3n) is 3.39. The molecular formula is C13H27N3O2. The molecule has 1 amide bonds. The molecule has 1 fully saturated rings. The molecule has 0 saturated carbocycles. The number of hydrogen-bond donors (Lipinski definition) is 1. The summed E-state index contributed by atoms with van der Waals surface area (Å²) in [6.07, 6.45) is 4.60. The van der Waals surface area contributed by atoms with Gasteiger partial charge in [0.15, 0.2) is 0 Å². The molecule has 0 bridgehead atoms. The lowest BCUT2D eigenvalue weighted by Gasteiger charge is -2.21. The Balaban J connectivity index is 2.21. The van der Waals surface area contributed by atoms with Crippen LogP contribution in [0, 0.1) is 0 Å². The SMILES string of the molecule is COCC(=O)N1CCCN(CCCCCN)CC1. The van der Waals surface area contributed by atoms with Gasteiger partial charge >= 0.3 is 0 Å². The number of nitrogens with two attached hydrogens (primary N) is 1. The first kappa shape index (κ1) is 15.4. The number of rotatable bonds is 7. The zero-order valence-corrected chi connectivity index (χ0v) is 11.6. The maximum Gasteiger partial charge on any atom is 0.248 e. The van der Waals surface area contributed by atoms with Crippen LogP contribution in [0.4, 0.5) is 0 Å². The molecule has 0 unspecified atom stereocenters. The molecule has 1 aliphatic heterocycles. The van der Waals surface area contributed by atoms with Gasteiger partial charge in [-0.05, 0) is 38.9 Å². The molecular weight excluding hydrogens is 230 g/mol. The van der Waals surface area contributed by atoms with Crippen molar-refractivity contribution in [2.45, 2.75) is 25.7 Å². The van der Waals surface area contributed by atoms with Crippen LogP contribution in [0.25, 0.3) is 0 Å². The minimum absolute atomic E-state index is 0.113. The average Bonchev–Trinajstić information content (AvgIpc) is 2.60. The van der Waals surface area contributed by atoms with Crippen LogP contribution in [0.15, 0.2) is 0 Å². The molecule has 0 aromatic carbocycles. The summed E-state index contributed by atoms with van der Waals surface area (Å²) in [5.74, 6) is 0.113. The van der Waals surface area contributed by atoms with Gasteiger partial charge in [0.25, 0.3) is 0 Å². The van der Waals surface area contributed by atoms with E-state index in [4.69, 9.17) is 10.5 Å². The van der Waals surface area contributed by atoms with E-state index in [9.17, 15) is 4.79 Å². The number of carbonyl (C=O) groups excluding carboxylic acids is 1. The van der Waals surface area contributed by atoms with E-state index in [0.717, 1.165) is 52.1 Å². The van der Waals surface area contributed by atoms with Gasteiger partial charge in [0.1, 0.15) is 6.61 Å². The third-order valence-corrected chi connectivity index (χ3v) is 3.39. The van der Waals surface area contributed by atoms with E-state index in [1.54, 1.807) is 7.11 Å². The highest BCUT2D eigenvalue weighted by Crippen LogP contribution is 2.06. The van der Waals surface area contributed by atoms with Crippen molar-refractivity contribution in [1.29, 1.82) is 0 Å². The first-order valence-electron chi connectivity index (χ1n) is 6.97. The van der Waals surface area contributed by atoms with Gasteiger partial charge in [-0.3, -0.25) is 4.79 Å². The van der Waals surface area contributed by atoms with Crippen LogP contribution in [-0.2, 0) is 9.53 Å². The van der Waals surface area contributed by atoms with E-state index in [0.29, 0.717) is 0 Å². The Morgan fingerprint density at radius 3 is 2.72 bits per heavy atom. The minimum Gasteiger partial charge on any atom is -0.375 e. The average molecular weight is 257 g/mol. The molecule has 2 N–H and O–H groups in total. The summed E-state index contributed by atoms with van der Waals surface area (Å²) in [6, 6.07) is 0. The first-order chi connectivity index (χ1) is 8.77. The number of unbranched alkanes of at least 4 members (excludes halogenated alkanes) is 2. The summed E-state index contributed by atoms with van der Waals surface area (Å²) >= 11 is 0. The molecule has 18 heavy (non-hydrogen) atoms. The van der Waals surface area contributed by atoms with Gasteiger partial charge in [-0.1, -0.05) is 6.42 Å². The number of methoxy groups -OCH3 is 1. The molecule has 0 aromatic heterocycles. The van der Waals surface area contributed by atoms with E-state index in [2.05, 4.69) is 4.90 Å². The lowest BCUT2D eigenvalue weighted by atomic mass is 10.2. The molecule has 5 nitrogen and oxygen atoms in total. The highest BCUT2D eigenvalue weighted by molar-refractivity contribution is 5.77. The number of ether oxygens (including phenoxy) is 1. The van der Waals surface area contributed by atoms with Gasteiger partial charge in [0.05, 0.1) is 0 Å². The second-order valence-corrected chi connectivity index (χ2v) is 4.86. The van der Waals surface area contributed by atoms with Crippen LogP contribution in [0.5, 0.6) is 0 Å². The third kappa shape index (κ3) is 5.80. The van der Waals surface area contributed by atoms with Gasteiger partial charge in [-0.2, -0.15) is 0 Å². The Hall–Kier alpha value is -0.650. The molecule has 0 atom stereocenters. The van der Waals surface area contributed by atoms with E-state index >= 15 is 0 Å². The lowest BCUT2D eigenvalue weighted by Crippen LogP contribution is -2.37. The Bertz CT molecular complexity index is 236. The molecule has 0 spiro atoms. The zero-order chi connectivity index (χ0) is 13.2. The van der Waals surface area contributed by atoms with E-state index in [1.165, 1.54) is 12.8 Å². The van der Waals surface area contributed by atoms with Gasteiger partial charge in [0.2, 0.25) is 5.91 Å². The highest BCUT2D eigenvalue weighted by atomic mass is 16.5. The molecule has 1 saturated heterocycles. The van der Waals surface area contributed by atoms with Crippen LogP contribution in [0.3, 0.4) is 0 Å². The zero-order valence-electron chi connectivity index (χ0n) is 11.6. The predicted molar refractivity (Wildman–Crippen MR) is 72.4 cm³/mol. The van der Waals surface area contributed by atoms with Crippen molar-refractivity contribution in [2.24, 2.45) is 5.73 Å². The van der Waals surface area contributed by atoms with Crippen molar-refractivity contribution < 1.29 is 9.53 Å². The summed E-state index contributed by atoms with van der Waals surface area (Å²) in [6.45, 7) is 5.90. The van der Waals surface area contributed by atoms with E-state index in [-0.39, 0.29) is 12.5 Å². The molecule has 1 aliphatic rings. The second kappa shape index (κ2) is 9.30. The Kier molecular flexibility index (Phi) is 7.96. The normalized spacial score (nSPS) is 17.8. The standard InChI is InChI=1S/C13H27N3O2/c1-18-12-13(17)16-9-5-8-15(10-11-16)7-4-2-3-6-14/h2-12,14H2,1H3. The predicted octanol–water partition coefficient (Wildman–Crippen LogP) is 0.296. The fourth-order valence-corrected chi connectivity index (χ4v) is 2.32. The maximum atomic E-state index is 11.7. The fraction of sp³-hybridized carbons (Fsp3) is 0.923. The summed E-state index contributed by atoms with van der Waals surface area (Å²) in [7, 11) is 1.57. The van der Waals surface area contributed by atoms with Crippen molar-refractivity contribution in [3.05, 3.63) is 0 Å². The molecule has 106 valence electrons. The van der Waals surface area contributed by atoms with Crippen molar-refractivity contribution in [3.63, 3.8) is 0 Å². The minimum atomic E-state index is 0.113. The molecule has 0 aromatic rings. The largest absolute Gasteiger partial charge is 0.375 e. The molecule has 5 heteroatoms. The highest BCUT2D eigenvalue weighted by Gasteiger charge is 2.18. The number of nitrogens with zero attached hydrogens (tertiary/aromatic N) is 2. The molecule has 1 rings (SSSR count). The Labute approximate surface area is 110 Å². The van der Waals surface area contributed by atoms with Crippen LogP contribution in [0.2, 0.25) is 0 Å². The van der Waals surface area contributed by atoms with Crippen LogP contribution in [0.1, 0.15) is 25.7 Å². The lowest BCUT2D eigenvalue weighted by molar-refractivity contribution is -0.135. The van der Waals surface area contributed by atoms with E-state index in [1.807, 2.05) is 4.90 Å². The quantitative estimate of drug-likeness (QED) is 0.666. The van der Waals surface area contributed by atoms with Crippen molar-refractivity contribution in [3.8, 4) is 0 Å². The second-order valence-electron chi connectivity index (χ2n) is 4.86. The first-order valence-corrected chi connectivity index (χ1v) is 6.97. The Morgan fingerprint density at radius 2 is 2.00 bits per heavy atom. The topological polar surface area (TPSA) is 58.8 Å². The number of amides is 1. The van der Waals surface area contributed by atoms with Crippen LogP contribution >= 0.6 is 0 Å². The van der Waals surface area contributed by atoms with Gasteiger partial charge in [0, 0.05) is 26.7 Å². The monoisotopic (exact) mass is 257 g/mol. The number of carbonyl (C=O) groups is 1. The maximum absolute atomic E-state index is 11.7. The van der Waals surface area contributed by atoms with Crippen LogP contribution < -0.4 is 5.73 Å². The molecule has 1 heterocycles. The summed E-state index contributed by atoms with van der Waals surface area (Å²) in [5, 5.41) is 0. The smallest absolute Gasteiger partial charge is 0.248 e.